The molecule has 144 valence electrons. The molecule has 0 aliphatic rings. The highest BCUT2D eigenvalue weighted by Crippen LogP contribution is 2.21. The first-order valence-electron chi connectivity index (χ1n) is 8.95. The molecule has 1 N–H and O–H groups in total. The van der Waals surface area contributed by atoms with Gasteiger partial charge in [-0.1, -0.05) is 0 Å². The average Bonchev–Trinajstić information content (AvgIpc) is 3.25. The van der Waals surface area contributed by atoms with Crippen molar-refractivity contribution in [3.63, 3.8) is 0 Å². The maximum atomic E-state index is 5.81. The van der Waals surface area contributed by atoms with Gasteiger partial charge in [-0.2, -0.15) is 5.10 Å². The number of nitrogens with one attached hydrogen (secondary N) is 1. The Morgan fingerprint density at radius 2 is 1.96 bits per heavy atom. The van der Waals surface area contributed by atoms with Crippen molar-refractivity contribution in [1.29, 1.82) is 0 Å². The van der Waals surface area contributed by atoms with Crippen LogP contribution in [-0.2, 0) is 18.4 Å². The summed E-state index contributed by atoms with van der Waals surface area (Å²) in [6, 6.07) is 7.65. The predicted octanol–water partition coefficient (Wildman–Crippen LogP) is 2.98. The summed E-state index contributed by atoms with van der Waals surface area (Å²) in [5, 5.41) is 15.8. The number of aryl methyl sites for hydroxylation is 1. The Morgan fingerprint density at radius 3 is 2.71 bits per heavy atom. The van der Waals surface area contributed by atoms with Crippen LogP contribution in [-0.4, -0.2) is 39.9 Å². The van der Waals surface area contributed by atoms with Gasteiger partial charge in [-0.3, -0.25) is 9.08 Å². The van der Waals surface area contributed by atoms with Crippen LogP contribution >= 0.6 is 0 Å². The first-order chi connectivity index (χ1) is 13.4. The summed E-state index contributed by atoms with van der Waals surface area (Å²) in [6.45, 7) is 6.44. The lowest BCUT2D eigenvalue weighted by Crippen LogP contribution is -2.19. The van der Waals surface area contributed by atoms with Crippen molar-refractivity contribution < 1.29 is 4.74 Å². The van der Waals surface area contributed by atoms with E-state index in [0.717, 1.165) is 28.5 Å². The van der Waals surface area contributed by atoms with Crippen molar-refractivity contribution in [2.45, 2.75) is 33.0 Å². The summed E-state index contributed by atoms with van der Waals surface area (Å²) in [7, 11) is 1.85. The lowest BCUT2D eigenvalue weighted by atomic mass is 10.2. The minimum Gasteiger partial charge on any atom is -0.368 e. The van der Waals surface area contributed by atoms with Gasteiger partial charge in [0.05, 0.1) is 17.5 Å². The van der Waals surface area contributed by atoms with Gasteiger partial charge in [0.2, 0.25) is 5.95 Å². The lowest BCUT2D eigenvalue weighted by molar-refractivity contribution is -0.0184. The van der Waals surface area contributed by atoms with Gasteiger partial charge in [0.25, 0.3) is 0 Å². The number of hydrogen-bond donors (Lipinski definition) is 1. The van der Waals surface area contributed by atoms with Crippen LogP contribution < -0.4 is 5.32 Å². The van der Waals surface area contributed by atoms with E-state index in [0.29, 0.717) is 12.6 Å². The molecule has 4 rings (SSSR count). The summed E-state index contributed by atoms with van der Waals surface area (Å²) in [5.41, 5.74) is 2.23. The van der Waals surface area contributed by atoms with Gasteiger partial charge in [0.1, 0.15) is 12.4 Å². The Labute approximate surface area is 162 Å². The first-order valence-corrected chi connectivity index (χ1v) is 8.95. The lowest BCUT2D eigenvalue weighted by Gasteiger charge is -2.18. The van der Waals surface area contributed by atoms with E-state index in [9.17, 15) is 0 Å². The van der Waals surface area contributed by atoms with E-state index in [1.807, 2.05) is 62.7 Å². The topological polar surface area (TPSA) is 95.1 Å². The van der Waals surface area contributed by atoms with E-state index < -0.39 is 0 Å². The van der Waals surface area contributed by atoms with Crippen LogP contribution in [0.25, 0.3) is 16.9 Å². The molecule has 0 aliphatic heterocycles. The molecule has 0 amide bonds. The van der Waals surface area contributed by atoms with Crippen molar-refractivity contribution in [1.82, 2.24) is 34.3 Å². The molecule has 0 fully saturated rings. The Morgan fingerprint density at radius 1 is 1.11 bits per heavy atom. The van der Waals surface area contributed by atoms with Crippen molar-refractivity contribution in [2.75, 3.05) is 5.32 Å². The molecule has 4 heterocycles. The number of nitrogens with zero attached hydrogens (tertiary/aromatic N) is 7. The van der Waals surface area contributed by atoms with E-state index in [2.05, 4.69) is 30.6 Å². The fraction of sp³-hybridized carbons (Fsp3) is 0.316. The van der Waals surface area contributed by atoms with Gasteiger partial charge in [0.15, 0.2) is 11.5 Å². The summed E-state index contributed by atoms with van der Waals surface area (Å²) in [5.74, 6) is 2.08. The molecule has 9 nitrogen and oxygen atoms in total. The maximum Gasteiger partial charge on any atom is 0.228 e. The molecule has 9 heteroatoms. The molecule has 0 atom stereocenters. The highest BCUT2D eigenvalue weighted by Gasteiger charge is 2.14. The van der Waals surface area contributed by atoms with Gasteiger partial charge in [0, 0.05) is 31.1 Å². The number of hydrogen-bond acceptors (Lipinski definition) is 7. The second-order valence-corrected chi connectivity index (χ2v) is 7.39. The smallest absolute Gasteiger partial charge is 0.228 e. The zero-order valence-corrected chi connectivity index (χ0v) is 16.3. The fourth-order valence-corrected chi connectivity index (χ4v) is 2.67. The molecule has 0 saturated carbocycles. The van der Waals surface area contributed by atoms with Crippen LogP contribution in [0.4, 0.5) is 11.8 Å². The van der Waals surface area contributed by atoms with E-state index in [1.54, 1.807) is 17.1 Å². The molecule has 0 radical (unpaired) electrons. The number of pyridine rings is 1. The summed E-state index contributed by atoms with van der Waals surface area (Å²) in [4.78, 5) is 8.88. The highest BCUT2D eigenvalue weighted by atomic mass is 16.5. The third-order valence-electron chi connectivity index (χ3n) is 4.13. The quantitative estimate of drug-likeness (QED) is 0.570. The first kappa shape index (κ1) is 18.1. The van der Waals surface area contributed by atoms with Crippen LogP contribution in [0.15, 0.2) is 42.9 Å². The molecule has 0 aromatic carbocycles. The molecule has 28 heavy (non-hydrogen) atoms. The minimum atomic E-state index is -0.232. The van der Waals surface area contributed by atoms with E-state index in [4.69, 9.17) is 4.74 Å². The molecule has 4 aromatic rings. The van der Waals surface area contributed by atoms with E-state index in [-0.39, 0.29) is 5.60 Å². The third kappa shape index (κ3) is 3.84. The number of ether oxygens (including phenoxy) is 1. The Balaban J connectivity index is 1.59. The molecular formula is C19H22N8O. The molecular weight excluding hydrogens is 356 g/mol. The Bertz CT molecular complexity index is 1110. The second-order valence-electron chi connectivity index (χ2n) is 7.39. The molecule has 4 aromatic heterocycles. The van der Waals surface area contributed by atoms with Crippen LogP contribution in [0.2, 0.25) is 0 Å². The summed E-state index contributed by atoms with van der Waals surface area (Å²) in [6.07, 6.45) is 5.37. The van der Waals surface area contributed by atoms with Crippen molar-refractivity contribution in [2.24, 2.45) is 7.05 Å². The third-order valence-corrected chi connectivity index (χ3v) is 4.13. The van der Waals surface area contributed by atoms with Gasteiger partial charge < -0.3 is 10.1 Å². The standard InChI is InChI=1S/C19H22N8O/c1-19(2,3)28-12-17-25-24-16-11-13(7-10-27(16)17)14-5-8-20-18(22-14)23-15-6-9-21-26(15)4/h5-11H,12H2,1-4H3,(H,20,22,23). The molecule has 0 aliphatic carbocycles. The van der Waals surface area contributed by atoms with Crippen molar-refractivity contribution >= 4 is 17.4 Å². The summed E-state index contributed by atoms with van der Waals surface area (Å²) < 4.78 is 9.46. The Hall–Kier alpha value is -3.33. The second kappa shape index (κ2) is 7.01. The number of aromatic nitrogens is 7. The monoisotopic (exact) mass is 378 g/mol. The zero-order valence-electron chi connectivity index (χ0n) is 16.3. The van der Waals surface area contributed by atoms with Crippen molar-refractivity contribution in [3.05, 3.63) is 48.7 Å². The summed E-state index contributed by atoms with van der Waals surface area (Å²) >= 11 is 0. The van der Waals surface area contributed by atoms with Crippen LogP contribution in [0.5, 0.6) is 0 Å². The van der Waals surface area contributed by atoms with Crippen molar-refractivity contribution in [3.8, 4) is 11.3 Å². The van der Waals surface area contributed by atoms with Gasteiger partial charge in [-0.05, 0) is 39.0 Å². The van der Waals surface area contributed by atoms with Gasteiger partial charge in [-0.25, -0.2) is 9.97 Å². The normalized spacial score (nSPS) is 11.9. The zero-order chi connectivity index (χ0) is 19.7. The van der Waals surface area contributed by atoms with Crippen LogP contribution in [0.3, 0.4) is 0 Å². The average molecular weight is 378 g/mol. The number of rotatable bonds is 5. The Kier molecular flexibility index (Phi) is 4.52. The van der Waals surface area contributed by atoms with Gasteiger partial charge >= 0.3 is 0 Å². The van der Waals surface area contributed by atoms with Crippen LogP contribution in [0, 0.1) is 0 Å². The minimum absolute atomic E-state index is 0.232. The number of fused-ring (bicyclic) bond motifs is 1. The number of anilines is 2. The highest BCUT2D eigenvalue weighted by molar-refractivity contribution is 5.65. The van der Waals surface area contributed by atoms with E-state index >= 15 is 0 Å². The molecule has 0 unspecified atom stereocenters. The molecule has 0 saturated heterocycles. The van der Waals surface area contributed by atoms with Gasteiger partial charge in [-0.15, -0.1) is 10.2 Å². The largest absolute Gasteiger partial charge is 0.368 e. The molecule has 0 spiro atoms. The molecule has 0 bridgehead atoms. The SMILES string of the molecule is Cn1nccc1Nc1nccc(-c2ccn3c(COC(C)(C)C)nnc3c2)n1. The maximum absolute atomic E-state index is 5.81. The fourth-order valence-electron chi connectivity index (χ4n) is 2.67. The van der Waals surface area contributed by atoms with E-state index in [1.165, 1.54) is 0 Å². The predicted molar refractivity (Wildman–Crippen MR) is 105 cm³/mol. The van der Waals surface area contributed by atoms with Crippen LogP contribution in [0.1, 0.15) is 26.6 Å².